The fourth-order valence-corrected chi connectivity index (χ4v) is 3.46. The molecule has 140 valence electrons. The van der Waals surface area contributed by atoms with E-state index in [1.165, 1.54) is 0 Å². The zero-order valence-corrected chi connectivity index (χ0v) is 15.4. The number of rotatable bonds is 5. The maximum atomic E-state index is 12.7. The smallest absolute Gasteiger partial charge is 0.272 e. The Balaban J connectivity index is 1.56. The minimum Gasteiger partial charge on any atom is -0.478 e. The van der Waals surface area contributed by atoms with Gasteiger partial charge in [0.05, 0.1) is 24.5 Å². The summed E-state index contributed by atoms with van der Waals surface area (Å²) in [5.74, 6) is 1.16. The van der Waals surface area contributed by atoms with Crippen LogP contribution in [0.5, 0.6) is 5.88 Å². The Kier molecular flexibility index (Phi) is 4.62. The first kappa shape index (κ1) is 17.3. The van der Waals surface area contributed by atoms with E-state index in [0.29, 0.717) is 18.2 Å². The number of carbonyl (C=O) groups is 1. The lowest BCUT2D eigenvalue weighted by molar-refractivity contribution is 0.0927. The number of hydrogen-bond acceptors (Lipinski definition) is 5. The average Bonchev–Trinajstić information content (AvgIpc) is 3.28. The van der Waals surface area contributed by atoms with Crippen molar-refractivity contribution in [3.8, 4) is 11.7 Å². The van der Waals surface area contributed by atoms with E-state index < -0.39 is 0 Å². The van der Waals surface area contributed by atoms with Crippen LogP contribution in [0.4, 0.5) is 0 Å². The van der Waals surface area contributed by atoms with Crippen LogP contribution in [0.15, 0.2) is 36.7 Å². The van der Waals surface area contributed by atoms with Crippen molar-refractivity contribution in [1.82, 2.24) is 29.9 Å². The van der Waals surface area contributed by atoms with Crippen LogP contribution >= 0.6 is 0 Å². The van der Waals surface area contributed by atoms with Crippen LogP contribution in [-0.2, 0) is 13.5 Å². The van der Waals surface area contributed by atoms with Gasteiger partial charge in [-0.3, -0.25) is 4.79 Å². The second kappa shape index (κ2) is 7.22. The molecule has 0 spiro atoms. The third-order valence-electron chi connectivity index (χ3n) is 4.72. The Labute approximate surface area is 157 Å². The maximum Gasteiger partial charge on any atom is 0.272 e. The molecule has 27 heavy (non-hydrogen) atoms. The summed E-state index contributed by atoms with van der Waals surface area (Å²) < 4.78 is 8.90. The monoisotopic (exact) mass is 366 g/mol. The highest BCUT2D eigenvalue weighted by Crippen LogP contribution is 2.31. The number of hydrogen-bond donors (Lipinski definition) is 1. The summed E-state index contributed by atoms with van der Waals surface area (Å²) in [6.45, 7) is 2.43. The van der Waals surface area contributed by atoms with Gasteiger partial charge in [0.1, 0.15) is 0 Å². The van der Waals surface area contributed by atoms with Gasteiger partial charge in [-0.05, 0) is 38.3 Å². The number of ether oxygens (including phenoxy) is 1. The van der Waals surface area contributed by atoms with Crippen LogP contribution in [-0.4, -0.2) is 37.1 Å². The molecule has 0 aromatic carbocycles. The quantitative estimate of drug-likeness (QED) is 0.748. The molecule has 0 bridgehead atoms. The van der Waals surface area contributed by atoms with Crippen molar-refractivity contribution >= 4 is 5.91 Å². The molecule has 8 heteroatoms. The van der Waals surface area contributed by atoms with Crippen molar-refractivity contribution in [3.63, 3.8) is 0 Å². The molecule has 8 nitrogen and oxygen atoms in total. The Morgan fingerprint density at radius 3 is 3.07 bits per heavy atom. The molecule has 0 saturated carbocycles. The minimum absolute atomic E-state index is 0.0868. The number of aryl methyl sites for hydroxylation is 1. The first-order valence-corrected chi connectivity index (χ1v) is 9.13. The van der Waals surface area contributed by atoms with Gasteiger partial charge < -0.3 is 10.1 Å². The van der Waals surface area contributed by atoms with Crippen molar-refractivity contribution in [3.05, 3.63) is 53.6 Å². The van der Waals surface area contributed by atoms with E-state index in [1.807, 2.05) is 36.0 Å². The molecule has 3 aromatic rings. The van der Waals surface area contributed by atoms with Gasteiger partial charge in [-0.1, -0.05) is 6.07 Å². The largest absolute Gasteiger partial charge is 0.478 e. The van der Waals surface area contributed by atoms with E-state index >= 15 is 0 Å². The third-order valence-corrected chi connectivity index (χ3v) is 4.72. The van der Waals surface area contributed by atoms with Crippen LogP contribution in [0.1, 0.15) is 47.6 Å². The number of nitrogens with one attached hydrogen (secondary N) is 1. The Bertz CT molecular complexity index is 947. The summed E-state index contributed by atoms with van der Waals surface area (Å²) in [7, 11) is 1.76. The fraction of sp³-hybridized carbons (Fsp3) is 0.368. The molecular weight excluding hydrogens is 344 g/mol. The van der Waals surface area contributed by atoms with Gasteiger partial charge >= 0.3 is 0 Å². The normalized spacial score (nSPS) is 16.0. The highest BCUT2D eigenvalue weighted by Gasteiger charge is 2.27. The van der Waals surface area contributed by atoms with Gasteiger partial charge in [-0.15, -0.1) is 0 Å². The Morgan fingerprint density at radius 2 is 2.30 bits per heavy atom. The average molecular weight is 366 g/mol. The van der Waals surface area contributed by atoms with Crippen LogP contribution in [0.3, 0.4) is 0 Å². The van der Waals surface area contributed by atoms with Crippen LogP contribution in [0.25, 0.3) is 5.82 Å². The molecule has 0 fully saturated rings. The van der Waals surface area contributed by atoms with Crippen LogP contribution in [0.2, 0.25) is 0 Å². The van der Waals surface area contributed by atoms with E-state index in [-0.39, 0.29) is 11.9 Å². The number of carbonyl (C=O) groups excluding carboxylic acids is 1. The number of aromatic nitrogens is 5. The lowest BCUT2D eigenvalue weighted by Crippen LogP contribution is -2.31. The second-order valence-corrected chi connectivity index (χ2v) is 6.49. The van der Waals surface area contributed by atoms with E-state index in [9.17, 15) is 4.79 Å². The summed E-state index contributed by atoms with van der Waals surface area (Å²) in [6.07, 6.45) is 6.34. The zero-order chi connectivity index (χ0) is 18.8. The molecule has 0 unspecified atom stereocenters. The molecule has 1 aliphatic carbocycles. The summed E-state index contributed by atoms with van der Waals surface area (Å²) in [5, 5.41) is 11.9. The van der Waals surface area contributed by atoms with Gasteiger partial charge in [0.15, 0.2) is 11.5 Å². The van der Waals surface area contributed by atoms with Gasteiger partial charge in [0.25, 0.3) is 5.91 Å². The summed E-state index contributed by atoms with van der Waals surface area (Å²) in [5.41, 5.74) is 2.49. The van der Waals surface area contributed by atoms with Crippen molar-refractivity contribution in [2.45, 2.75) is 32.2 Å². The molecule has 3 heterocycles. The predicted octanol–water partition coefficient (Wildman–Crippen LogP) is 2.21. The summed E-state index contributed by atoms with van der Waals surface area (Å²) in [6, 6.07) is 7.33. The molecule has 0 saturated heterocycles. The molecule has 0 radical (unpaired) electrons. The zero-order valence-electron chi connectivity index (χ0n) is 15.4. The van der Waals surface area contributed by atoms with Crippen molar-refractivity contribution in [1.29, 1.82) is 0 Å². The van der Waals surface area contributed by atoms with Crippen molar-refractivity contribution < 1.29 is 9.53 Å². The third kappa shape index (κ3) is 3.30. The standard InChI is InChI=1S/C19H22N6O2/c1-3-27-18-11-15(23-24(18)2)19(26)22-14-7-6-8-16-13(14)12-21-25(16)17-9-4-5-10-20-17/h4-5,9-12,14H,3,6-8H2,1-2H3,(H,22,26)/t14-/m0/s1. The molecule has 1 aliphatic rings. The Hall–Kier alpha value is -3.16. The molecule has 0 aliphatic heterocycles. The minimum atomic E-state index is -0.208. The van der Waals surface area contributed by atoms with E-state index in [2.05, 4.69) is 20.5 Å². The fourth-order valence-electron chi connectivity index (χ4n) is 3.46. The summed E-state index contributed by atoms with van der Waals surface area (Å²) in [4.78, 5) is 17.1. The van der Waals surface area contributed by atoms with E-state index in [1.54, 1.807) is 24.0 Å². The van der Waals surface area contributed by atoms with Gasteiger partial charge in [-0.2, -0.15) is 10.2 Å². The van der Waals surface area contributed by atoms with E-state index in [4.69, 9.17) is 4.74 Å². The van der Waals surface area contributed by atoms with Gasteiger partial charge in [0, 0.05) is 24.9 Å². The maximum absolute atomic E-state index is 12.7. The molecule has 1 atom stereocenters. The molecule has 1 N–H and O–H groups in total. The second-order valence-electron chi connectivity index (χ2n) is 6.49. The first-order chi connectivity index (χ1) is 13.2. The van der Waals surface area contributed by atoms with Crippen molar-refractivity contribution in [2.75, 3.05) is 6.61 Å². The van der Waals surface area contributed by atoms with Gasteiger partial charge in [-0.25, -0.2) is 14.3 Å². The van der Waals surface area contributed by atoms with Crippen LogP contribution < -0.4 is 10.1 Å². The topological polar surface area (TPSA) is 86.9 Å². The molecule has 1 amide bonds. The summed E-state index contributed by atoms with van der Waals surface area (Å²) >= 11 is 0. The number of pyridine rings is 1. The lowest BCUT2D eigenvalue weighted by atomic mass is 9.93. The van der Waals surface area contributed by atoms with Crippen LogP contribution in [0, 0.1) is 0 Å². The van der Waals surface area contributed by atoms with Crippen molar-refractivity contribution in [2.24, 2.45) is 7.05 Å². The number of amides is 1. The first-order valence-electron chi connectivity index (χ1n) is 9.13. The van der Waals surface area contributed by atoms with Gasteiger partial charge in [0.2, 0.25) is 5.88 Å². The highest BCUT2D eigenvalue weighted by atomic mass is 16.5. The van der Waals surface area contributed by atoms with E-state index in [0.717, 1.165) is 36.3 Å². The Morgan fingerprint density at radius 1 is 1.41 bits per heavy atom. The molecule has 4 rings (SSSR count). The molecular formula is C19H22N6O2. The lowest BCUT2D eigenvalue weighted by Gasteiger charge is -2.23. The predicted molar refractivity (Wildman–Crippen MR) is 98.9 cm³/mol. The number of fused-ring (bicyclic) bond motifs is 1. The SMILES string of the molecule is CCOc1cc(C(=O)N[C@H]2CCCc3c2cnn3-c2ccccn2)nn1C. The number of nitrogens with zero attached hydrogens (tertiary/aromatic N) is 5. The highest BCUT2D eigenvalue weighted by molar-refractivity contribution is 5.92. The molecule has 3 aromatic heterocycles.